The lowest BCUT2D eigenvalue weighted by Gasteiger charge is -2.14. The number of aromatic nitrogens is 1. The van der Waals surface area contributed by atoms with Gasteiger partial charge in [-0.3, -0.25) is 9.52 Å². The molecule has 3 aromatic rings. The third-order valence-electron chi connectivity index (χ3n) is 4.09. The monoisotopic (exact) mass is 455 g/mol. The standard InChI is InChI=1S/C19H16F3N3O3S2/c1-2-12-10-14(24-18(26)16-8-9-23-29-16)6-7-17(12)30(27,28)25-15-5-3-4-13(11-15)19(20,21)22/h3-11,25H,2H2,1H3,(H,24,26). The van der Waals surface area contributed by atoms with Gasteiger partial charge >= 0.3 is 6.18 Å². The van der Waals surface area contributed by atoms with Crippen molar-refractivity contribution in [3.63, 3.8) is 0 Å². The number of hydrogen-bond acceptors (Lipinski definition) is 5. The van der Waals surface area contributed by atoms with Crippen molar-refractivity contribution in [3.8, 4) is 0 Å². The number of hydrogen-bond donors (Lipinski definition) is 2. The maximum absolute atomic E-state index is 12.9. The molecule has 3 rings (SSSR count). The highest BCUT2D eigenvalue weighted by Crippen LogP contribution is 2.31. The molecule has 0 atom stereocenters. The van der Waals surface area contributed by atoms with Crippen LogP contribution in [0.15, 0.2) is 59.6 Å². The van der Waals surface area contributed by atoms with Gasteiger partial charge in [0.1, 0.15) is 4.88 Å². The molecule has 0 aliphatic carbocycles. The zero-order valence-corrected chi connectivity index (χ0v) is 17.2. The highest BCUT2D eigenvalue weighted by molar-refractivity contribution is 7.92. The van der Waals surface area contributed by atoms with Crippen LogP contribution in [0.4, 0.5) is 24.5 Å². The van der Waals surface area contributed by atoms with Gasteiger partial charge in [0.25, 0.3) is 15.9 Å². The SMILES string of the molecule is CCc1cc(NC(=O)c2ccns2)ccc1S(=O)(=O)Nc1cccc(C(F)(F)F)c1. The normalized spacial score (nSPS) is 11.9. The van der Waals surface area contributed by atoms with Gasteiger partial charge in [0.05, 0.1) is 10.5 Å². The second-order valence-corrected chi connectivity index (χ2v) is 8.67. The Morgan fingerprint density at radius 2 is 1.87 bits per heavy atom. The molecule has 11 heteroatoms. The number of carbonyl (C=O) groups excluding carboxylic acids is 1. The Morgan fingerprint density at radius 3 is 2.50 bits per heavy atom. The quantitative estimate of drug-likeness (QED) is 0.560. The Hall–Kier alpha value is -2.92. The zero-order valence-electron chi connectivity index (χ0n) is 15.5. The molecule has 0 spiro atoms. The molecule has 0 saturated heterocycles. The summed E-state index contributed by atoms with van der Waals surface area (Å²) in [6.07, 6.45) is -2.77. The predicted molar refractivity (Wildman–Crippen MR) is 108 cm³/mol. The summed E-state index contributed by atoms with van der Waals surface area (Å²) in [6, 6.07) is 9.73. The Kier molecular flexibility index (Phi) is 6.13. The van der Waals surface area contributed by atoms with Crippen LogP contribution in [0.1, 0.15) is 27.7 Å². The third kappa shape index (κ3) is 4.97. The van der Waals surface area contributed by atoms with Gasteiger partial charge in [-0.25, -0.2) is 12.8 Å². The van der Waals surface area contributed by atoms with E-state index in [1.807, 2.05) is 0 Å². The number of carbonyl (C=O) groups is 1. The van der Waals surface area contributed by atoms with E-state index in [0.717, 1.165) is 29.7 Å². The largest absolute Gasteiger partial charge is 0.416 e. The molecule has 30 heavy (non-hydrogen) atoms. The van der Waals surface area contributed by atoms with Gasteiger partial charge in [0, 0.05) is 17.6 Å². The van der Waals surface area contributed by atoms with E-state index in [2.05, 4.69) is 14.4 Å². The number of aryl methyl sites for hydroxylation is 1. The predicted octanol–water partition coefficient (Wildman–Crippen LogP) is 4.78. The number of rotatable bonds is 6. The molecule has 6 nitrogen and oxygen atoms in total. The van der Waals surface area contributed by atoms with Crippen LogP contribution in [0, 0.1) is 0 Å². The number of alkyl halides is 3. The van der Waals surface area contributed by atoms with Crippen molar-refractivity contribution in [3.05, 3.63) is 70.7 Å². The molecule has 0 bridgehead atoms. The zero-order chi connectivity index (χ0) is 21.9. The number of nitrogens with one attached hydrogen (secondary N) is 2. The average Bonchev–Trinajstić information content (AvgIpc) is 3.22. The van der Waals surface area contributed by atoms with Crippen molar-refractivity contribution >= 4 is 38.8 Å². The van der Waals surface area contributed by atoms with E-state index in [1.165, 1.54) is 30.5 Å². The Morgan fingerprint density at radius 1 is 1.10 bits per heavy atom. The molecule has 0 aliphatic rings. The van der Waals surface area contributed by atoms with Crippen molar-refractivity contribution in [1.29, 1.82) is 0 Å². The van der Waals surface area contributed by atoms with Crippen molar-refractivity contribution in [1.82, 2.24) is 4.37 Å². The van der Waals surface area contributed by atoms with Crippen LogP contribution in [-0.2, 0) is 22.6 Å². The summed E-state index contributed by atoms with van der Waals surface area (Å²) in [7, 11) is -4.14. The average molecular weight is 455 g/mol. The number of nitrogens with zero attached hydrogens (tertiary/aromatic N) is 1. The first-order valence-electron chi connectivity index (χ1n) is 8.65. The minimum Gasteiger partial charge on any atom is -0.321 e. The van der Waals surface area contributed by atoms with E-state index in [1.54, 1.807) is 13.0 Å². The van der Waals surface area contributed by atoms with Crippen LogP contribution in [0.25, 0.3) is 0 Å². The van der Waals surface area contributed by atoms with Gasteiger partial charge in [-0.2, -0.15) is 13.2 Å². The first-order chi connectivity index (χ1) is 14.1. The summed E-state index contributed by atoms with van der Waals surface area (Å²) in [6.45, 7) is 1.73. The second kappa shape index (κ2) is 8.44. The van der Waals surface area contributed by atoms with E-state index in [4.69, 9.17) is 0 Å². The smallest absolute Gasteiger partial charge is 0.321 e. The summed E-state index contributed by atoms with van der Waals surface area (Å²) in [5, 5.41) is 2.66. The van der Waals surface area contributed by atoms with E-state index in [-0.39, 0.29) is 16.5 Å². The van der Waals surface area contributed by atoms with Gasteiger partial charge in [-0.05, 0) is 66.0 Å². The van der Waals surface area contributed by atoms with Crippen LogP contribution in [0.2, 0.25) is 0 Å². The van der Waals surface area contributed by atoms with Crippen molar-refractivity contribution in [2.45, 2.75) is 24.4 Å². The fraction of sp³-hybridized carbons (Fsp3) is 0.158. The summed E-state index contributed by atoms with van der Waals surface area (Å²) >= 11 is 1.02. The highest BCUT2D eigenvalue weighted by atomic mass is 32.2. The molecule has 158 valence electrons. The van der Waals surface area contributed by atoms with Crippen LogP contribution >= 0.6 is 11.5 Å². The fourth-order valence-corrected chi connectivity index (χ4v) is 4.52. The number of anilines is 2. The third-order valence-corrected chi connectivity index (χ3v) is 6.32. The molecular weight excluding hydrogens is 439 g/mol. The van der Waals surface area contributed by atoms with Crippen LogP contribution in [-0.4, -0.2) is 18.7 Å². The number of halogens is 3. The van der Waals surface area contributed by atoms with Gasteiger partial charge < -0.3 is 5.32 Å². The Bertz CT molecular complexity index is 1160. The summed E-state index contributed by atoms with van der Waals surface area (Å²) in [5.41, 5.74) is -0.367. The molecule has 0 aliphatic heterocycles. The number of amides is 1. The minimum atomic E-state index is -4.59. The molecule has 1 aromatic heterocycles. The molecular formula is C19H16F3N3O3S2. The Labute approximate surface area is 175 Å². The molecule has 0 radical (unpaired) electrons. The van der Waals surface area contributed by atoms with E-state index in [0.29, 0.717) is 22.5 Å². The molecule has 0 fully saturated rings. The van der Waals surface area contributed by atoms with E-state index < -0.39 is 21.8 Å². The first kappa shape index (κ1) is 21.8. The lowest BCUT2D eigenvalue weighted by atomic mass is 10.1. The molecule has 1 heterocycles. The summed E-state index contributed by atoms with van der Waals surface area (Å²) < 4.78 is 70.2. The van der Waals surface area contributed by atoms with Gasteiger partial charge in [0.2, 0.25) is 0 Å². The summed E-state index contributed by atoms with van der Waals surface area (Å²) in [5.74, 6) is -0.378. The first-order valence-corrected chi connectivity index (χ1v) is 10.9. The molecule has 2 aromatic carbocycles. The van der Waals surface area contributed by atoms with Crippen LogP contribution in [0.5, 0.6) is 0 Å². The van der Waals surface area contributed by atoms with Crippen molar-refractivity contribution < 1.29 is 26.4 Å². The van der Waals surface area contributed by atoms with Gasteiger partial charge in [0.15, 0.2) is 0 Å². The Balaban J connectivity index is 1.86. The second-order valence-electron chi connectivity index (χ2n) is 6.19. The van der Waals surface area contributed by atoms with E-state index >= 15 is 0 Å². The van der Waals surface area contributed by atoms with Gasteiger partial charge in [-0.15, -0.1) is 0 Å². The van der Waals surface area contributed by atoms with Crippen LogP contribution < -0.4 is 10.0 Å². The van der Waals surface area contributed by atoms with Gasteiger partial charge in [-0.1, -0.05) is 13.0 Å². The molecule has 0 saturated carbocycles. The number of benzene rings is 2. The van der Waals surface area contributed by atoms with Crippen molar-refractivity contribution in [2.75, 3.05) is 10.0 Å². The van der Waals surface area contributed by atoms with E-state index in [9.17, 15) is 26.4 Å². The summed E-state index contributed by atoms with van der Waals surface area (Å²) in [4.78, 5) is 12.5. The lowest BCUT2D eigenvalue weighted by Crippen LogP contribution is -2.16. The molecule has 2 N–H and O–H groups in total. The molecule has 1 amide bonds. The fourth-order valence-electron chi connectivity index (χ4n) is 2.69. The lowest BCUT2D eigenvalue weighted by molar-refractivity contribution is -0.137. The minimum absolute atomic E-state index is 0.0850. The van der Waals surface area contributed by atoms with Crippen LogP contribution in [0.3, 0.4) is 0 Å². The highest BCUT2D eigenvalue weighted by Gasteiger charge is 2.31. The maximum Gasteiger partial charge on any atom is 0.416 e. The maximum atomic E-state index is 12.9. The van der Waals surface area contributed by atoms with Crippen molar-refractivity contribution in [2.24, 2.45) is 0 Å². The molecule has 0 unspecified atom stereocenters. The number of sulfonamides is 1. The topological polar surface area (TPSA) is 88.2 Å².